The fourth-order valence-corrected chi connectivity index (χ4v) is 4.27. The molecular weight excluding hydrogens is 430 g/mol. The zero-order chi connectivity index (χ0) is 21.1. The standard InChI is InChI=1S/C20H18ClN3O3S2/c1-11(25)24(2)13-6-4-5-12(9-13)22-20(28)23-19(26)18-17(21)15-8-7-14(27-3)10-16(15)29-18/h4-10H,1-3H3,(H2,22,23,26,28). The smallest absolute Gasteiger partial charge is 0.269 e. The Hall–Kier alpha value is -2.68. The number of thiophene rings is 1. The minimum atomic E-state index is -0.398. The van der Waals surface area contributed by atoms with Crippen LogP contribution in [-0.4, -0.2) is 31.1 Å². The van der Waals surface area contributed by atoms with Gasteiger partial charge in [0.05, 0.1) is 12.1 Å². The summed E-state index contributed by atoms with van der Waals surface area (Å²) in [6, 6.07) is 12.6. The molecule has 0 aliphatic carbocycles. The van der Waals surface area contributed by atoms with E-state index in [1.807, 2.05) is 12.1 Å². The van der Waals surface area contributed by atoms with Gasteiger partial charge in [-0.05, 0) is 48.6 Å². The Morgan fingerprint density at radius 3 is 2.66 bits per heavy atom. The molecule has 0 unspecified atom stereocenters. The summed E-state index contributed by atoms with van der Waals surface area (Å²) in [5, 5.41) is 6.87. The summed E-state index contributed by atoms with van der Waals surface area (Å²) >= 11 is 12.9. The van der Waals surface area contributed by atoms with E-state index in [0.717, 1.165) is 10.1 Å². The van der Waals surface area contributed by atoms with Gasteiger partial charge in [-0.25, -0.2) is 0 Å². The van der Waals surface area contributed by atoms with Gasteiger partial charge in [0.2, 0.25) is 5.91 Å². The van der Waals surface area contributed by atoms with Crippen molar-refractivity contribution in [2.45, 2.75) is 6.92 Å². The maximum absolute atomic E-state index is 12.7. The predicted molar refractivity (Wildman–Crippen MR) is 123 cm³/mol. The first-order valence-corrected chi connectivity index (χ1v) is 10.1. The van der Waals surface area contributed by atoms with Crippen LogP contribution in [0.3, 0.4) is 0 Å². The summed E-state index contributed by atoms with van der Waals surface area (Å²) in [6.45, 7) is 1.48. The fraction of sp³-hybridized carbons (Fsp3) is 0.150. The lowest BCUT2D eigenvalue weighted by Gasteiger charge is -2.16. The molecule has 0 fully saturated rings. The van der Waals surface area contributed by atoms with E-state index >= 15 is 0 Å². The van der Waals surface area contributed by atoms with E-state index < -0.39 is 5.91 Å². The van der Waals surface area contributed by atoms with Crippen LogP contribution in [0.4, 0.5) is 11.4 Å². The Labute approximate surface area is 182 Å². The van der Waals surface area contributed by atoms with Gasteiger partial charge < -0.3 is 15.0 Å². The second-order valence-electron chi connectivity index (χ2n) is 6.14. The zero-order valence-electron chi connectivity index (χ0n) is 15.9. The Morgan fingerprint density at radius 2 is 1.97 bits per heavy atom. The topological polar surface area (TPSA) is 70.7 Å². The largest absolute Gasteiger partial charge is 0.497 e. The second kappa shape index (κ2) is 8.77. The maximum Gasteiger partial charge on any atom is 0.269 e. The minimum Gasteiger partial charge on any atom is -0.497 e. The normalized spacial score (nSPS) is 10.5. The van der Waals surface area contributed by atoms with Gasteiger partial charge in [-0.1, -0.05) is 17.7 Å². The molecule has 3 rings (SSSR count). The number of carbonyl (C=O) groups excluding carboxylic acids is 2. The van der Waals surface area contributed by atoms with Crippen LogP contribution in [0, 0.1) is 0 Å². The molecule has 2 amide bonds. The number of methoxy groups -OCH3 is 1. The highest BCUT2D eigenvalue weighted by Gasteiger charge is 2.18. The summed E-state index contributed by atoms with van der Waals surface area (Å²) in [5.41, 5.74) is 1.35. The van der Waals surface area contributed by atoms with Gasteiger partial charge in [-0.3, -0.25) is 14.9 Å². The molecule has 0 bridgehead atoms. The van der Waals surface area contributed by atoms with Crippen molar-refractivity contribution in [1.82, 2.24) is 5.32 Å². The van der Waals surface area contributed by atoms with Crippen molar-refractivity contribution >= 4 is 73.5 Å². The summed E-state index contributed by atoms with van der Waals surface area (Å²) in [4.78, 5) is 26.1. The molecule has 2 aromatic carbocycles. The first kappa shape index (κ1) is 21.0. The Kier molecular flexibility index (Phi) is 6.36. The summed E-state index contributed by atoms with van der Waals surface area (Å²) in [5.74, 6) is 0.203. The minimum absolute atomic E-state index is 0.0888. The molecule has 1 aromatic heterocycles. The fourth-order valence-electron chi connectivity index (χ4n) is 2.61. The van der Waals surface area contributed by atoms with Gasteiger partial charge in [-0.2, -0.15) is 0 Å². The molecular formula is C20H18ClN3O3S2. The molecule has 2 N–H and O–H groups in total. The van der Waals surface area contributed by atoms with Crippen molar-refractivity contribution in [3.63, 3.8) is 0 Å². The van der Waals surface area contributed by atoms with Gasteiger partial charge in [0.15, 0.2) is 5.11 Å². The predicted octanol–water partition coefficient (Wildman–Crippen LogP) is 4.67. The van der Waals surface area contributed by atoms with Crippen LogP contribution in [0.1, 0.15) is 16.6 Å². The van der Waals surface area contributed by atoms with E-state index in [0.29, 0.717) is 27.0 Å². The molecule has 1 heterocycles. The SMILES string of the molecule is COc1ccc2c(Cl)c(C(=O)NC(=S)Nc3cccc(N(C)C(C)=O)c3)sc2c1. The number of carbonyl (C=O) groups is 2. The van der Waals surface area contributed by atoms with E-state index in [1.54, 1.807) is 44.5 Å². The molecule has 0 atom stereocenters. The van der Waals surface area contributed by atoms with E-state index in [-0.39, 0.29) is 11.0 Å². The maximum atomic E-state index is 12.7. The van der Waals surface area contributed by atoms with Crippen molar-refractivity contribution < 1.29 is 14.3 Å². The van der Waals surface area contributed by atoms with Gasteiger partial charge in [0, 0.05) is 35.4 Å². The number of ether oxygens (including phenoxy) is 1. The average Bonchev–Trinajstić information content (AvgIpc) is 3.03. The number of amides is 2. The van der Waals surface area contributed by atoms with E-state index in [1.165, 1.54) is 23.2 Å². The van der Waals surface area contributed by atoms with Crippen molar-refractivity contribution in [2.75, 3.05) is 24.4 Å². The summed E-state index contributed by atoms with van der Waals surface area (Å²) < 4.78 is 6.06. The molecule has 0 saturated carbocycles. The van der Waals surface area contributed by atoms with Gasteiger partial charge in [0.25, 0.3) is 5.91 Å². The molecule has 3 aromatic rings. The van der Waals surface area contributed by atoms with Crippen LogP contribution < -0.4 is 20.3 Å². The molecule has 0 radical (unpaired) electrons. The van der Waals surface area contributed by atoms with Crippen molar-refractivity contribution in [1.29, 1.82) is 0 Å². The average molecular weight is 448 g/mol. The van der Waals surface area contributed by atoms with E-state index in [9.17, 15) is 9.59 Å². The van der Waals surface area contributed by atoms with Gasteiger partial charge in [-0.15, -0.1) is 11.3 Å². The van der Waals surface area contributed by atoms with Crippen LogP contribution in [0.15, 0.2) is 42.5 Å². The third-order valence-electron chi connectivity index (χ3n) is 4.23. The lowest BCUT2D eigenvalue weighted by Crippen LogP contribution is -2.33. The van der Waals surface area contributed by atoms with E-state index in [4.69, 9.17) is 28.6 Å². The highest BCUT2D eigenvalue weighted by atomic mass is 35.5. The Bertz CT molecular complexity index is 1110. The highest BCUT2D eigenvalue weighted by Crippen LogP contribution is 2.37. The molecule has 29 heavy (non-hydrogen) atoms. The van der Waals surface area contributed by atoms with Gasteiger partial charge >= 0.3 is 0 Å². The quantitative estimate of drug-likeness (QED) is 0.568. The molecule has 0 saturated heterocycles. The van der Waals surface area contributed by atoms with Crippen LogP contribution >= 0.6 is 35.2 Å². The van der Waals surface area contributed by atoms with Crippen molar-refractivity contribution in [2.24, 2.45) is 0 Å². The van der Waals surface area contributed by atoms with E-state index in [2.05, 4.69) is 10.6 Å². The number of halogens is 1. The zero-order valence-corrected chi connectivity index (χ0v) is 18.3. The van der Waals surface area contributed by atoms with Crippen molar-refractivity contribution in [3.8, 4) is 5.75 Å². The molecule has 9 heteroatoms. The molecule has 6 nitrogen and oxygen atoms in total. The number of benzene rings is 2. The van der Waals surface area contributed by atoms with Crippen LogP contribution in [0.2, 0.25) is 5.02 Å². The lowest BCUT2D eigenvalue weighted by atomic mass is 10.2. The lowest BCUT2D eigenvalue weighted by molar-refractivity contribution is -0.116. The third kappa shape index (κ3) is 4.67. The molecule has 0 spiro atoms. The third-order valence-corrected chi connectivity index (χ3v) is 6.09. The van der Waals surface area contributed by atoms with Crippen LogP contribution in [-0.2, 0) is 4.79 Å². The van der Waals surface area contributed by atoms with Crippen molar-refractivity contribution in [3.05, 3.63) is 52.4 Å². The number of hydrogen-bond donors (Lipinski definition) is 2. The number of hydrogen-bond acceptors (Lipinski definition) is 5. The number of fused-ring (bicyclic) bond motifs is 1. The second-order valence-corrected chi connectivity index (χ2v) is 7.98. The first-order valence-electron chi connectivity index (χ1n) is 8.53. The Morgan fingerprint density at radius 1 is 1.21 bits per heavy atom. The number of nitrogens with zero attached hydrogens (tertiary/aromatic N) is 1. The molecule has 0 aliphatic heterocycles. The molecule has 150 valence electrons. The highest BCUT2D eigenvalue weighted by molar-refractivity contribution is 7.80. The monoisotopic (exact) mass is 447 g/mol. The number of nitrogens with one attached hydrogen (secondary N) is 2. The summed E-state index contributed by atoms with van der Waals surface area (Å²) in [6.07, 6.45) is 0. The van der Waals surface area contributed by atoms with Crippen LogP contribution in [0.25, 0.3) is 10.1 Å². The summed E-state index contributed by atoms with van der Waals surface area (Å²) in [7, 11) is 3.26. The number of rotatable bonds is 4. The number of anilines is 2. The van der Waals surface area contributed by atoms with Crippen LogP contribution in [0.5, 0.6) is 5.75 Å². The van der Waals surface area contributed by atoms with Gasteiger partial charge in [0.1, 0.15) is 10.6 Å². The number of thiocarbonyl (C=S) groups is 1. The molecule has 0 aliphatic rings. The Balaban J connectivity index is 1.74. The first-order chi connectivity index (χ1) is 13.8.